The van der Waals surface area contributed by atoms with Gasteiger partial charge in [-0.2, -0.15) is 0 Å². The van der Waals surface area contributed by atoms with Crippen molar-refractivity contribution in [3.8, 4) is 11.5 Å². The molecule has 0 saturated carbocycles. The molecule has 0 atom stereocenters. The number of nitrogens with one attached hydrogen (secondary N) is 1. The van der Waals surface area contributed by atoms with E-state index in [4.69, 9.17) is 9.47 Å². The van der Waals surface area contributed by atoms with Crippen LogP contribution in [0.25, 0.3) is 10.9 Å². The average molecular weight is 358 g/mol. The lowest BCUT2D eigenvalue weighted by molar-refractivity contribution is 0.340. The minimum Gasteiger partial charge on any atom is -0.494 e. The maximum absolute atomic E-state index is 12.7. The fourth-order valence-electron chi connectivity index (χ4n) is 2.49. The summed E-state index contributed by atoms with van der Waals surface area (Å²) in [5.74, 6) is 1.21. The number of sulfonamides is 1. The van der Waals surface area contributed by atoms with Gasteiger partial charge in [-0.25, -0.2) is 8.42 Å². The zero-order chi connectivity index (χ0) is 17.9. The highest BCUT2D eigenvalue weighted by Crippen LogP contribution is 2.31. The third-order valence-corrected chi connectivity index (χ3v) is 5.02. The molecule has 0 bridgehead atoms. The zero-order valence-electron chi connectivity index (χ0n) is 13.9. The Labute approximate surface area is 146 Å². The van der Waals surface area contributed by atoms with Crippen LogP contribution in [-0.2, 0) is 10.0 Å². The molecule has 0 aliphatic heterocycles. The molecule has 0 spiro atoms. The highest BCUT2D eigenvalue weighted by molar-refractivity contribution is 7.92. The lowest BCUT2D eigenvalue weighted by atomic mass is 10.2. The van der Waals surface area contributed by atoms with Crippen LogP contribution in [0.2, 0.25) is 0 Å². The van der Waals surface area contributed by atoms with Gasteiger partial charge < -0.3 is 9.47 Å². The van der Waals surface area contributed by atoms with E-state index in [1.165, 1.54) is 12.1 Å². The van der Waals surface area contributed by atoms with Gasteiger partial charge in [0.25, 0.3) is 10.0 Å². The molecule has 1 aromatic heterocycles. The molecule has 0 unspecified atom stereocenters. The Morgan fingerprint density at radius 1 is 1.08 bits per heavy atom. The highest BCUT2D eigenvalue weighted by Gasteiger charge is 2.17. The fraction of sp³-hybridized carbons (Fsp3) is 0.167. The minimum atomic E-state index is -3.73. The molecule has 6 nitrogen and oxygen atoms in total. The summed E-state index contributed by atoms with van der Waals surface area (Å²) in [6.07, 6.45) is 1.63. The van der Waals surface area contributed by atoms with Crippen LogP contribution in [0.3, 0.4) is 0 Å². The number of pyridine rings is 1. The fourth-order valence-corrected chi connectivity index (χ4v) is 3.57. The Kier molecular flexibility index (Phi) is 4.76. The van der Waals surface area contributed by atoms with Crippen LogP contribution >= 0.6 is 0 Å². The van der Waals surface area contributed by atoms with E-state index in [1.54, 1.807) is 49.7 Å². The number of ether oxygens (including phenoxy) is 2. The molecule has 25 heavy (non-hydrogen) atoms. The summed E-state index contributed by atoms with van der Waals surface area (Å²) in [5, 5.41) is 0.663. The molecule has 1 N–H and O–H groups in total. The number of hydrogen-bond donors (Lipinski definition) is 1. The molecule has 0 radical (unpaired) electrons. The molecule has 0 aliphatic carbocycles. The number of aromatic nitrogens is 1. The topological polar surface area (TPSA) is 77.5 Å². The SMILES string of the molecule is CCOc1ccc(S(=O)(=O)Nc2ccc(OC)c3ncccc23)cc1. The molecule has 3 aromatic rings. The van der Waals surface area contributed by atoms with Crippen molar-refractivity contribution in [2.75, 3.05) is 18.4 Å². The van der Waals surface area contributed by atoms with E-state index in [-0.39, 0.29) is 4.90 Å². The summed E-state index contributed by atoms with van der Waals surface area (Å²) in [4.78, 5) is 4.43. The number of benzene rings is 2. The van der Waals surface area contributed by atoms with Crippen molar-refractivity contribution in [2.24, 2.45) is 0 Å². The second kappa shape index (κ2) is 6.98. The van der Waals surface area contributed by atoms with Crippen molar-refractivity contribution in [1.82, 2.24) is 4.98 Å². The summed E-state index contributed by atoms with van der Waals surface area (Å²) in [5.41, 5.74) is 1.04. The first kappa shape index (κ1) is 17.0. The normalized spacial score (nSPS) is 11.3. The second-order valence-corrected chi connectivity index (χ2v) is 6.91. The standard InChI is InChI=1S/C18H18N2O4S/c1-3-24-13-6-8-14(9-7-13)25(21,22)20-16-10-11-17(23-2)18-15(16)5-4-12-19-18/h4-12,20H,3H2,1-2H3. The van der Waals surface area contributed by atoms with E-state index in [0.29, 0.717) is 34.7 Å². The lowest BCUT2D eigenvalue weighted by Crippen LogP contribution is -2.13. The predicted octanol–water partition coefficient (Wildman–Crippen LogP) is 3.44. The molecule has 0 aliphatic rings. The van der Waals surface area contributed by atoms with E-state index < -0.39 is 10.0 Å². The molecule has 7 heteroatoms. The zero-order valence-corrected chi connectivity index (χ0v) is 14.7. The van der Waals surface area contributed by atoms with Crippen molar-refractivity contribution >= 4 is 26.6 Å². The number of methoxy groups -OCH3 is 1. The number of anilines is 1. The number of hydrogen-bond acceptors (Lipinski definition) is 5. The first-order chi connectivity index (χ1) is 12.0. The van der Waals surface area contributed by atoms with Crippen molar-refractivity contribution in [1.29, 1.82) is 0 Å². The Morgan fingerprint density at radius 2 is 1.84 bits per heavy atom. The highest BCUT2D eigenvalue weighted by atomic mass is 32.2. The minimum absolute atomic E-state index is 0.156. The van der Waals surface area contributed by atoms with Crippen LogP contribution in [0.5, 0.6) is 11.5 Å². The van der Waals surface area contributed by atoms with Crippen LogP contribution in [0.15, 0.2) is 59.6 Å². The van der Waals surface area contributed by atoms with Crippen molar-refractivity contribution in [3.63, 3.8) is 0 Å². The third kappa shape index (κ3) is 3.51. The number of fused-ring (bicyclic) bond motifs is 1. The third-order valence-electron chi connectivity index (χ3n) is 3.64. The van der Waals surface area contributed by atoms with Crippen LogP contribution in [0, 0.1) is 0 Å². The van der Waals surface area contributed by atoms with Crippen molar-refractivity contribution in [3.05, 3.63) is 54.7 Å². The van der Waals surface area contributed by atoms with Crippen molar-refractivity contribution < 1.29 is 17.9 Å². The molecule has 0 fully saturated rings. The van der Waals surface area contributed by atoms with Crippen LogP contribution in [0.1, 0.15) is 6.92 Å². The van der Waals surface area contributed by atoms with E-state index >= 15 is 0 Å². The Balaban J connectivity index is 1.97. The van der Waals surface area contributed by atoms with Gasteiger partial charge in [0.1, 0.15) is 17.0 Å². The molecule has 130 valence electrons. The second-order valence-electron chi connectivity index (χ2n) is 5.22. The molecule has 2 aromatic carbocycles. The van der Waals surface area contributed by atoms with Gasteiger partial charge in [-0.3, -0.25) is 9.71 Å². The Morgan fingerprint density at radius 3 is 2.52 bits per heavy atom. The van der Waals surface area contributed by atoms with Gasteiger partial charge in [-0.15, -0.1) is 0 Å². The van der Waals surface area contributed by atoms with E-state index in [1.807, 2.05) is 6.92 Å². The van der Waals surface area contributed by atoms with Gasteiger partial charge >= 0.3 is 0 Å². The summed E-state index contributed by atoms with van der Waals surface area (Å²) in [6, 6.07) is 13.2. The Bertz CT molecular complexity index is 986. The van der Waals surface area contributed by atoms with Crippen LogP contribution < -0.4 is 14.2 Å². The van der Waals surface area contributed by atoms with Gasteiger partial charge in [0.15, 0.2) is 0 Å². The summed E-state index contributed by atoms with van der Waals surface area (Å²) >= 11 is 0. The molecule has 1 heterocycles. The molecular weight excluding hydrogens is 340 g/mol. The molecule has 3 rings (SSSR count). The van der Waals surface area contributed by atoms with Gasteiger partial charge in [-0.1, -0.05) is 0 Å². The maximum Gasteiger partial charge on any atom is 0.261 e. The molecular formula is C18H18N2O4S. The van der Waals surface area contributed by atoms with Gasteiger partial charge in [0.2, 0.25) is 0 Å². The maximum atomic E-state index is 12.7. The smallest absolute Gasteiger partial charge is 0.261 e. The van der Waals surface area contributed by atoms with Gasteiger partial charge in [0.05, 0.1) is 24.3 Å². The predicted molar refractivity (Wildman–Crippen MR) is 96.7 cm³/mol. The Hall–Kier alpha value is -2.80. The van der Waals surface area contributed by atoms with Gasteiger partial charge in [0, 0.05) is 11.6 Å². The quantitative estimate of drug-likeness (QED) is 0.730. The van der Waals surface area contributed by atoms with E-state index in [9.17, 15) is 8.42 Å². The van der Waals surface area contributed by atoms with Gasteiger partial charge in [-0.05, 0) is 55.5 Å². The first-order valence-corrected chi connectivity index (χ1v) is 9.21. The van der Waals surface area contributed by atoms with E-state index in [0.717, 1.165) is 0 Å². The monoisotopic (exact) mass is 358 g/mol. The van der Waals surface area contributed by atoms with Crippen molar-refractivity contribution in [2.45, 2.75) is 11.8 Å². The molecule has 0 saturated heterocycles. The van der Waals surface area contributed by atoms with Crippen LogP contribution in [-0.4, -0.2) is 27.1 Å². The molecule has 0 amide bonds. The number of rotatable bonds is 6. The summed E-state index contributed by atoms with van der Waals surface area (Å²) in [6.45, 7) is 2.39. The van der Waals surface area contributed by atoms with Crippen LogP contribution in [0.4, 0.5) is 5.69 Å². The first-order valence-electron chi connectivity index (χ1n) is 7.72. The number of nitrogens with zero attached hydrogens (tertiary/aromatic N) is 1. The largest absolute Gasteiger partial charge is 0.494 e. The lowest BCUT2D eigenvalue weighted by Gasteiger charge is -2.12. The average Bonchev–Trinajstić information content (AvgIpc) is 2.62. The van der Waals surface area contributed by atoms with E-state index in [2.05, 4.69) is 9.71 Å². The summed E-state index contributed by atoms with van der Waals surface area (Å²) in [7, 11) is -2.18. The summed E-state index contributed by atoms with van der Waals surface area (Å²) < 4.78 is 38.6.